The normalized spacial score (nSPS) is 29.0. The van der Waals surface area contributed by atoms with E-state index in [-0.39, 0.29) is 0 Å². The van der Waals surface area contributed by atoms with Gasteiger partial charge in [-0.25, -0.2) is 4.98 Å². The summed E-state index contributed by atoms with van der Waals surface area (Å²) in [5, 5.41) is 3.61. The molecule has 1 saturated heterocycles. The zero-order valence-electron chi connectivity index (χ0n) is 10.8. The van der Waals surface area contributed by atoms with Gasteiger partial charge < -0.3 is 9.88 Å². The van der Waals surface area contributed by atoms with E-state index < -0.39 is 0 Å². The first-order valence-electron chi connectivity index (χ1n) is 7.09. The van der Waals surface area contributed by atoms with E-state index in [0.717, 1.165) is 12.3 Å². The second-order valence-corrected chi connectivity index (χ2v) is 5.80. The Balaban J connectivity index is 1.67. The summed E-state index contributed by atoms with van der Waals surface area (Å²) in [7, 11) is 0. The van der Waals surface area contributed by atoms with Crippen LogP contribution in [0.2, 0.25) is 0 Å². The Morgan fingerprint density at radius 3 is 3.18 bits per heavy atom. The van der Waals surface area contributed by atoms with Crippen LogP contribution < -0.4 is 5.32 Å². The molecular weight excluding hydrogens is 210 g/mol. The Hall–Kier alpha value is -0.830. The van der Waals surface area contributed by atoms with Crippen LogP contribution in [0.1, 0.15) is 44.1 Å². The summed E-state index contributed by atoms with van der Waals surface area (Å²) in [4.78, 5) is 4.80. The lowest BCUT2D eigenvalue weighted by Crippen LogP contribution is -2.35. The first-order chi connectivity index (χ1) is 8.31. The Kier molecular flexibility index (Phi) is 3.19. The molecule has 0 radical (unpaired) electrons. The number of piperidine rings is 1. The number of nitrogens with zero attached hydrogens (tertiary/aromatic N) is 2. The molecule has 0 bridgehead atoms. The van der Waals surface area contributed by atoms with Gasteiger partial charge in [-0.05, 0) is 31.7 Å². The van der Waals surface area contributed by atoms with Crippen molar-refractivity contribution in [2.24, 2.45) is 5.92 Å². The molecule has 1 aromatic heterocycles. The van der Waals surface area contributed by atoms with E-state index in [0.29, 0.717) is 6.04 Å². The van der Waals surface area contributed by atoms with E-state index in [1.807, 2.05) is 0 Å². The summed E-state index contributed by atoms with van der Waals surface area (Å²) in [5.74, 6) is 2.13. The molecule has 0 amide bonds. The zero-order valence-corrected chi connectivity index (χ0v) is 10.8. The lowest BCUT2D eigenvalue weighted by Gasteiger charge is -2.22. The van der Waals surface area contributed by atoms with Crippen LogP contribution in [0.5, 0.6) is 0 Å². The smallest absolute Gasteiger partial charge is 0.108 e. The Bertz CT molecular complexity index is 377. The second-order valence-electron chi connectivity index (χ2n) is 5.80. The van der Waals surface area contributed by atoms with Crippen LogP contribution >= 0.6 is 0 Å². The van der Waals surface area contributed by atoms with Gasteiger partial charge in [0, 0.05) is 31.6 Å². The summed E-state index contributed by atoms with van der Waals surface area (Å²) >= 11 is 0. The van der Waals surface area contributed by atoms with Crippen molar-refractivity contribution >= 4 is 0 Å². The SMILES string of the molecule is CC1CCc2nc(CC3CCCCN3)cn2C1. The molecule has 2 unspecified atom stereocenters. The van der Waals surface area contributed by atoms with Gasteiger partial charge in [0.1, 0.15) is 5.82 Å². The summed E-state index contributed by atoms with van der Waals surface area (Å²) in [6.45, 7) is 4.70. The Morgan fingerprint density at radius 2 is 2.35 bits per heavy atom. The van der Waals surface area contributed by atoms with Crippen LogP contribution in [-0.2, 0) is 19.4 Å². The molecule has 0 aromatic carbocycles. The molecule has 0 saturated carbocycles. The molecule has 17 heavy (non-hydrogen) atoms. The van der Waals surface area contributed by atoms with Crippen molar-refractivity contribution in [1.82, 2.24) is 14.9 Å². The van der Waals surface area contributed by atoms with Crippen molar-refractivity contribution in [3.63, 3.8) is 0 Å². The predicted octanol–water partition coefficient (Wildman–Crippen LogP) is 2.15. The van der Waals surface area contributed by atoms with Crippen LogP contribution in [-0.4, -0.2) is 22.1 Å². The van der Waals surface area contributed by atoms with Crippen LogP contribution in [0, 0.1) is 5.92 Å². The van der Waals surface area contributed by atoms with Gasteiger partial charge in [-0.2, -0.15) is 0 Å². The molecular formula is C14H23N3. The van der Waals surface area contributed by atoms with Gasteiger partial charge in [0.05, 0.1) is 5.69 Å². The van der Waals surface area contributed by atoms with Crippen molar-refractivity contribution in [3.8, 4) is 0 Å². The third-order valence-corrected chi connectivity index (χ3v) is 4.15. The number of imidazole rings is 1. The van der Waals surface area contributed by atoms with Crippen LogP contribution in [0.25, 0.3) is 0 Å². The minimum Gasteiger partial charge on any atom is -0.334 e. The number of fused-ring (bicyclic) bond motifs is 1. The topological polar surface area (TPSA) is 29.9 Å². The number of aryl methyl sites for hydroxylation is 1. The van der Waals surface area contributed by atoms with Gasteiger partial charge in [0.2, 0.25) is 0 Å². The molecule has 3 heterocycles. The molecule has 0 aliphatic carbocycles. The second kappa shape index (κ2) is 4.81. The molecule has 94 valence electrons. The van der Waals surface area contributed by atoms with E-state index in [4.69, 9.17) is 4.98 Å². The number of hydrogen-bond acceptors (Lipinski definition) is 2. The molecule has 0 spiro atoms. The summed E-state index contributed by atoms with van der Waals surface area (Å²) in [6, 6.07) is 0.665. The number of hydrogen-bond donors (Lipinski definition) is 1. The molecule has 3 rings (SSSR count). The highest BCUT2D eigenvalue weighted by atomic mass is 15.1. The lowest BCUT2D eigenvalue weighted by atomic mass is 10.0. The van der Waals surface area contributed by atoms with Gasteiger partial charge in [0.25, 0.3) is 0 Å². The molecule has 2 aliphatic heterocycles. The molecule has 2 aliphatic rings. The maximum absolute atomic E-state index is 4.80. The fraction of sp³-hybridized carbons (Fsp3) is 0.786. The summed E-state index contributed by atoms with van der Waals surface area (Å²) < 4.78 is 2.38. The Morgan fingerprint density at radius 1 is 1.41 bits per heavy atom. The van der Waals surface area contributed by atoms with Crippen molar-refractivity contribution in [2.75, 3.05) is 6.54 Å². The van der Waals surface area contributed by atoms with Gasteiger partial charge in [-0.1, -0.05) is 13.3 Å². The average molecular weight is 233 g/mol. The van der Waals surface area contributed by atoms with Gasteiger partial charge in [-0.15, -0.1) is 0 Å². The maximum Gasteiger partial charge on any atom is 0.108 e. The first kappa shape index (κ1) is 11.3. The van der Waals surface area contributed by atoms with Crippen molar-refractivity contribution in [3.05, 3.63) is 17.7 Å². The van der Waals surface area contributed by atoms with Crippen LogP contribution in [0.3, 0.4) is 0 Å². The standard InChI is InChI=1S/C14H23N3/c1-11-5-6-14-16-13(10-17(14)9-11)8-12-4-2-3-7-15-12/h10-12,15H,2-9H2,1H3. The van der Waals surface area contributed by atoms with Crippen molar-refractivity contribution in [1.29, 1.82) is 0 Å². The highest BCUT2D eigenvalue weighted by Crippen LogP contribution is 2.20. The molecule has 3 heteroatoms. The molecule has 3 nitrogen and oxygen atoms in total. The zero-order chi connectivity index (χ0) is 11.7. The lowest BCUT2D eigenvalue weighted by molar-refractivity contribution is 0.394. The van der Waals surface area contributed by atoms with E-state index in [2.05, 4.69) is 23.0 Å². The van der Waals surface area contributed by atoms with Crippen LogP contribution in [0.4, 0.5) is 0 Å². The van der Waals surface area contributed by atoms with Gasteiger partial charge in [0.15, 0.2) is 0 Å². The van der Waals surface area contributed by atoms with E-state index in [9.17, 15) is 0 Å². The first-order valence-corrected chi connectivity index (χ1v) is 7.09. The van der Waals surface area contributed by atoms with Crippen molar-refractivity contribution in [2.45, 2.75) is 58.0 Å². The van der Waals surface area contributed by atoms with E-state index in [1.165, 1.54) is 56.7 Å². The number of nitrogens with one attached hydrogen (secondary N) is 1. The monoisotopic (exact) mass is 233 g/mol. The highest BCUT2D eigenvalue weighted by Gasteiger charge is 2.19. The van der Waals surface area contributed by atoms with E-state index >= 15 is 0 Å². The molecule has 1 fully saturated rings. The quantitative estimate of drug-likeness (QED) is 0.848. The molecule has 1 aromatic rings. The van der Waals surface area contributed by atoms with Crippen molar-refractivity contribution < 1.29 is 0 Å². The minimum atomic E-state index is 0.665. The minimum absolute atomic E-state index is 0.665. The van der Waals surface area contributed by atoms with Gasteiger partial charge >= 0.3 is 0 Å². The summed E-state index contributed by atoms with van der Waals surface area (Å²) in [6.07, 6.45) is 9.92. The fourth-order valence-corrected chi connectivity index (χ4v) is 3.12. The Labute approximate surface area is 104 Å². The van der Waals surface area contributed by atoms with E-state index in [1.54, 1.807) is 0 Å². The molecule has 1 N–H and O–H groups in total. The number of aromatic nitrogens is 2. The predicted molar refractivity (Wildman–Crippen MR) is 69.1 cm³/mol. The maximum atomic E-state index is 4.80. The highest BCUT2D eigenvalue weighted by molar-refractivity contribution is 5.08. The van der Waals surface area contributed by atoms with Gasteiger partial charge in [-0.3, -0.25) is 0 Å². The third-order valence-electron chi connectivity index (χ3n) is 4.15. The molecule has 2 atom stereocenters. The average Bonchev–Trinajstić information content (AvgIpc) is 2.71. The van der Waals surface area contributed by atoms with Crippen LogP contribution in [0.15, 0.2) is 6.20 Å². The fourth-order valence-electron chi connectivity index (χ4n) is 3.12. The largest absolute Gasteiger partial charge is 0.334 e. The summed E-state index contributed by atoms with van der Waals surface area (Å²) in [5.41, 5.74) is 1.30. The third kappa shape index (κ3) is 2.54. The number of rotatable bonds is 2.